The normalized spacial score (nSPS) is 17.0. The summed E-state index contributed by atoms with van der Waals surface area (Å²) in [6, 6.07) is 7.49. The van der Waals surface area contributed by atoms with Crippen LogP contribution < -0.4 is 10.1 Å². The van der Waals surface area contributed by atoms with Crippen LogP contribution in [0.25, 0.3) is 0 Å². The number of likely N-dealkylation sites (N-methyl/N-ethyl adjacent to an activating group) is 1. The van der Waals surface area contributed by atoms with Gasteiger partial charge in [0.05, 0.1) is 13.2 Å². The van der Waals surface area contributed by atoms with Gasteiger partial charge in [0, 0.05) is 6.54 Å². The molecule has 0 aromatic heterocycles. The number of rotatable bonds is 6. The molecule has 114 valence electrons. The number of ether oxygens (including phenoxy) is 2. The lowest BCUT2D eigenvalue weighted by Crippen LogP contribution is -2.49. The van der Waals surface area contributed by atoms with Gasteiger partial charge >= 0.3 is 0 Å². The minimum Gasteiger partial charge on any atom is -0.497 e. The number of hydrogen-bond acceptors (Lipinski definition) is 5. The highest BCUT2D eigenvalue weighted by atomic mass is 16.5. The summed E-state index contributed by atoms with van der Waals surface area (Å²) in [6.45, 7) is 2.96. The molecule has 6 heteroatoms. The molecular weight excluding hydrogens is 272 g/mol. The van der Waals surface area contributed by atoms with E-state index in [1.165, 1.54) is 4.90 Å². The van der Waals surface area contributed by atoms with Crippen molar-refractivity contribution in [2.24, 2.45) is 0 Å². The zero-order valence-corrected chi connectivity index (χ0v) is 12.3. The van der Waals surface area contributed by atoms with Crippen molar-refractivity contribution in [3.8, 4) is 5.75 Å². The smallest absolute Gasteiger partial charge is 0.255 e. The van der Waals surface area contributed by atoms with Crippen molar-refractivity contribution >= 4 is 11.8 Å². The molecule has 1 aromatic carbocycles. The molecule has 21 heavy (non-hydrogen) atoms. The van der Waals surface area contributed by atoms with Gasteiger partial charge in [-0.25, -0.2) is 0 Å². The van der Waals surface area contributed by atoms with E-state index in [1.54, 1.807) is 7.11 Å². The van der Waals surface area contributed by atoms with Gasteiger partial charge in [0.2, 0.25) is 0 Å². The minimum absolute atomic E-state index is 0.0345. The molecule has 1 heterocycles. The van der Waals surface area contributed by atoms with Crippen LogP contribution in [0.15, 0.2) is 24.3 Å². The molecule has 1 unspecified atom stereocenters. The Labute approximate surface area is 124 Å². The summed E-state index contributed by atoms with van der Waals surface area (Å²) in [7, 11) is 1.61. The average molecular weight is 292 g/mol. The van der Waals surface area contributed by atoms with Crippen molar-refractivity contribution in [2.75, 3.05) is 33.4 Å². The van der Waals surface area contributed by atoms with E-state index < -0.39 is 0 Å². The maximum Gasteiger partial charge on any atom is 0.255 e. The molecule has 0 radical (unpaired) electrons. The summed E-state index contributed by atoms with van der Waals surface area (Å²) >= 11 is 0. The van der Waals surface area contributed by atoms with Gasteiger partial charge in [0.1, 0.15) is 19.0 Å². The molecule has 0 bridgehead atoms. The number of amides is 2. The van der Waals surface area contributed by atoms with Crippen LogP contribution in [0, 0.1) is 0 Å². The van der Waals surface area contributed by atoms with Gasteiger partial charge in [-0.3, -0.25) is 14.5 Å². The number of benzene rings is 1. The summed E-state index contributed by atoms with van der Waals surface area (Å²) in [5.74, 6) is 0.192. The van der Waals surface area contributed by atoms with Gasteiger partial charge in [-0.15, -0.1) is 0 Å². The first kappa shape index (κ1) is 15.5. The van der Waals surface area contributed by atoms with Crippen LogP contribution in [0.4, 0.5) is 0 Å². The quantitative estimate of drug-likeness (QED) is 0.783. The fraction of sp³-hybridized carbons (Fsp3) is 0.467. The molecule has 0 spiro atoms. The first-order chi connectivity index (χ1) is 10.2. The number of nitrogens with zero attached hydrogens (tertiary/aromatic N) is 1. The van der Waals surface area contributed by atoms with Gasteiger partial charge in [-0.05, 0) is 24.2 Å². The van der Waals surface area contributed by atoms with Crippen molar-refractivity contribution in [1.29, 1.82) is 0 Å². The largest absolute Gasteiger partial charge is 0.497 e. The van der Waals surface area contributed by atoms with Crippen LogP contribution in [0.2, 0.25) is 0 Å². The Kier molecular flexibility index (Phi) is 5.30. The number of morpholine rings is 1. The maximum atomic E-state index is 11.8. The van der Waals surface area contributed by atoms with Crippen molar-refractivity contribution in [1.82, 2.24) is 10.2 Å². The number of hydrogen-bond donors (Lipinski definition) is 1. The number of carbonyl (C=O) groups is 2. The van der Waals surface area contributed by atoms with Crippen LogP contribution in [-0.4, -0.2) is 50.1 Å². The SMILES string of the molecule is CCNC(CN1C(=O)COCC1=O)c1ccc(OC)cc1. The third-order valence-corrected chi connectivity index (χ3v) is 3.39. The van der Waals surface area contributed by atoms with Gasteiger partial charge in [0.15, 0.2) is 0 Å². The summed E-state index contributed by atoms with van der Waals surface area (Å²) < 4.78 is 10.1. The second kappa shape index (κ2) is 7.19. The Hall–Kier alpha value is -1.92. The fourth-order valence-corrected chi connectivity index (χ4v) is 2.28. The molecule has 1 aliphatic heterocycles. The lowest BCUT2D eigenvalue weighted by molar-refractivity contribution is -0.158. The summed E-state index contributed by atoms with van der Waals surface area (Å²) in [4.78, 5) is 24.9. The minimum atomic E-state index is -0.289. The van der Waals surface area contributed by atoms with Crippen LogP contribution in [0.3, 0.4) is 0 Å². The lowest BCUT2D eigenvalue weighted by Gasteiger charge is -2.29. The van der Waals surface area contributed by atoms with Gasteiger partial charge in [0.25, 0.3) is 11.8 Å². The van der Waals surface area contributed by atoms with Crippen LogP contribution >= 0.6 is 0 Å². The molecule has 2 rings (SSSR count). The van der Waals surface area contributed by atoms with E-state index >= 15 is 0 Å². The molecule has 0 saturated carbocycles. The number of methoxy groups -OCH3 is 1. The van der Waals surface area contributed by atoms with Gasteiger partial charge in [-0.2, -0.15) is 0 Å². The van der Waals surface area contributed by atoms with Gasteiger partial charge in [-0.1, -0.05) is 19.1 Å². The molecule has 1 saturated heterocycles. The number of imide groups is 1. The van der Waals surface area contributed by atoms with Crippen molar-refractivity contribution in [2.45, 2.75) is 13.0 Å². The van der Waals surface area contributed by atoms with E-state index in [1.807, 2.05) is 31.2 Å². The predicted octanol–water partition coefficient (Wildman–Crippen LogP) is 0.731. The first-order valence-corrected chi connectivity index (χ1v) is 6.94. The summed E-state index contributed by atoms with van der Waals surface area (Å²) in [5.41, 5.74) is 1.00. The Bertz CT molecular complexity index is 485. The van der Waals surface area contributed by atoms with Crippen LogP contribution in [0.5, 0.6) is 5.75 Å². The highest BCUT2D eigenvalue weighted by molar-refractivity contribution is 5.98. The monoisotopic (exact) mass is 292 g/mol. The van der Waals surface area contributed by atoms with E-state index in [-0.39, 0.29) is 31.1 Å². The highest BCUT2D eigenvalue weighted by Crippen LogP contribution is 2.19. The molecular formula is C15H20N2O4. The van der Waals surface area contributed by atoms with Gasteiger partial charge < -0.3 is 14.8 Å². The Morgan fingerprint density at radius 3 is 2.38 bits per heavy atom. The first-order valence-electron chi connectivity index (χ1n) is 6.94. The van der Waals surface area contributed by atoms with Crippen LogP contribution in [0.1, 0.15) is 18.5 Å². The molecule has 0 aliphatic carbocycles. The molecule has 6 nitrogen and oxygen atoms in total. The average Bonchev–Trinajstić information content (AvgIpc) is 2.50. The predicted molar refractivity (Wildman–Crippen MR) is 77.0 cm³/mol. The molecule has 1 fully saturated rings. The Balaban J connectivity index is 2.13. The summed E-state index contributed by atoms with van der Waals surface area (Å²) in [6.07, 6.45) is 0. The molecule has 2 amide bonds. The zero-order chi connectivity index (χ0) is 15.2. The highest BCUT2D eigenvalue weighted by Gasteiger charge is 2.29. The number of carbonyl (C=O) groups excluding carboxylic acids is 2. The van der Waals surface area contributed by atoms with E-state index in [2.05, 4.69) is 5.32 Å². The fourth-order valence-electron chi connectivity index (χ4n) is 2.28. The Morgan fingerprint density at radius 2 is 1.86 bits per heavy atom. The third-order valence-electron chi connectivity index (χ3n) is 3.39. The third kappa shape index (κ3) is 3.80. The molecule has 1 aromatic rings. The van der Waals surface area contributed by atoms with E-state index in [0.717, 1.165) is 17.9 Å². The molecule has 1 aliphatic rings. The number of nitrogens with one attached hydrogen (secondary N) is 1. The van der Waals surface area contributed by atoms with Crippen molar-refractivity contribution in [3.63, 3.8) is 0 Å². The van der Waals surface area contributed by atoms with Crippen LogP contribution in [-0.2, 0) is 14.3 Å². The van der Waals surface area contributed by atoms with Crippen molar-refractivity contribution in [3.05, 3.63) is 29.8 Å². The topological polar surface area (TPSA) is 67.9 Å². The Morgan fingerprint density at radius 1 is 1.24 bits per heavy atom. The lowest BCUT2D eigenvalue weighted by atomic mass is 10.1. The van der Waals surface area contributed by atoms with E-state index in [4.69, 9.17) is 9.47 Å². The molecule has 1 atom stereocenters. The zero-order valence-electron chi connectivity index (χ0n) is 12.3. The van der Waals surface area contributed by atoms with E-state index in [0.29, 0.717) is 6.54 Å². The van der Waals surface area contributed by atoms with E-state index in [9.17, 15) is 9.59 Å². The van der Waals surface area contributed by atoms with Crippen molar-refractivity contribution < 1.29 is 19.1 Å². The molecule has 1 N–H and O–H groups in total. The standard InChI is InChI=1S/C15H20N2O4/c1-3-16-13(11-4-6-12(20-2)7-5-11)8-17-14(18)9-21-10-15(17)19/h4-7,13,16H,3,8-10H2,1-2H3. The second-order valence-electron chi connectivity index (χ2n) is 4.77. The maximum absolute atomic E-state index is 11.8. The second-order valence-corrected chi connectivity index (χ2v) is 4.77. The summed E-state index contributed by atoms with van der Waals surface area (Å²) in [5, 5.41) is 3.30.